The average Bonchev–Trinajstić information content (AvgIpc) is 3.44. The zero-order valence-corrected chi connectivity index (χ0v) is 16.4. The molecular formula is C23H22N2O4. The maximum atomic E-state index is 6.37. The Labute approximate surface area is 169 Å². The highest BCUT2D eigenvalue weighted by atomic mass is 16.5. The van der Waals surface area contributed by atoms with Crippen molar-refractivity contribution in [1.82, 2.24) is 5.01 Å². The van der Waals surface area contributed by atoms with Crippen molar-refractivity contribution >= 4 is 5.71 Å². The Morgan fingerprint density at radius 2 is 1.97 bits per heavy atom. The molecule has 3 heterocycles. The fraction of sp³-hybridized carbons (Fsp3) is 0.261. The van der Waals surface area contributed by atoms with Crippen molar-refractivity contribution in [2.45, 2.75) is 25.6 Å². The summed E-state index contributed by atoms with van der Waals surface area (Å²) in [5.41, 5.74) is 3.15. The highest BCUT2D eigenvalue weighted by molar-refractivity contribution is 6.02. The first-order valence-corrected chi connectivity index (χ1v) is 9.74. The van der Waals surface area contributed by atoms with Gasteiger partial charge in [0.25, 0.3) is 0 Å². The molecule has 0 saturated carbocycles. The van der Waals surface area contributed by atoms with Crippen molar-refractivity contribution in [3.05, 3.63) is 77.7 Å². The third-order valence-electron chi connectivity index (χ3n) is 5.29. The lowest BCUT2D eigenvalue weighted by Crippen LogP contribution is -2.33. The Morgan fingerprint density at radius 3 is 2.69 bits per heavy atom. The van der Waals surface area contributed by atoms with Gasteiger partial charge in [-0.2, -0.15) is 5.10 Å². The number of hydrazone groups is 1. The number of nitrogens with zero attached hydrogens (tertiary/aromatic N) is 2. The van der Waals surface area contributed by atoms with Crippen LogP contribution in [0.3, 0.4) is 0 Å². The molecule has 2 aliphatic rings. The Balaban J connectivity index is 1.57. The van der Waals surface area contributed by atoms with Crippen molar-refractivity contribution in [3.8, 4) is 17.2 Å². The molecule has 0 saturated heterocycles. The molecule has 2 aliphatic heterocycles. The molecule has 2 aromatic carbocycles. The van der Waals surface area contributed by atoms with Crippen molar-refractivity contribution < 1.29 is 18.6 Å². The van der Waals surface area contributed by atoms with Crippen LogP contribution in [0.5, 0.6) is 17.2 Å². The molecule has 2 atom stereocenters. The van der Waals surface area contributed by atoms with Crippen LogP contribution in [0, 0.1) is 0 Å². The Kier molecular flexibility index (Phi) is 4.39. The molecule has 0 bridgehead atoms. The third kappa shape index (κ3) is 3.01. The van der Waals surface area contributed by atoms with Gasteiger partial charge in [-0.25, -0.2) is 5.01 Å². The maximum absolute atomic E-state index is 6.37. The molecule has 6 nitrogen and oxygen atoms in total. The van der Waals surface area contributed by atoms with E-state index in [1.54, 1.807) is 13.4 Å². The summed E-state index contributed by atoms with van der Waals surface area (Å²) in [5.74, 6) is 3.06. The minimum absolute atomic E-state index is 0.0476. The van der Waals surface area contributed by atoms with Gasteiger partial charge in [-0.15, -0.1) is 0 Å². The van der Waals surface area contributed by atoms with Gasteiger partial charge in [0.2, 0.25) is 6.23 Å². The number of fused-ring (bicyclic) bond motifs is 3. The summed E-state index contributed by atoms with van der Waals surface area (Å²) in [6.07, 6.45) is 1.98. The summed E-state index contributed by atoms with van der Waals surface area (Å²) >= 11 is 0. The highest BCUT2D eigenvalue weighted by Crippen LogP contribution is 2.50. The van der Waals surface area contributed by atoms with E-state index in [4.69, 9.17) is 23.7 Å². The first kappa shape index (κ1) is 17.7. The predicted molar refractivity (Wildman–Crippen MR) is 108 cm³/mol. The molecule has 0 unspecified atom stereocenters. The van der Waals surface area contributed by atoms with Gasteiger partial charge in [-0.3, -0.25) is 0 Å². The summed E-state index contributed by atoms with van der Waals surface area (Å²) in [4.78, 5) is 0. The summed E-state index contributed by atoms with van der Waals surface area (Å²) in [6, 6.07) is 17.8. The van der Waals surface area contributed by atoms with E-state index in [9.17, 15) is 0 Å². The van der Waals surface area contributed by atoms with E-state index >= 15 is 0 Å². The second kappa shape index (κ2) is 7.20. The number of ether oxygens (including phenoxy) is 3. The van der Waals surface area contributed by atoms with Crippen LogP contribution in [0.1, 0.15) is 42.5 Å². The van der Waals surface area contributed by atoms with Gasteiger partial charge in [-0.05, 0) is 55.0 Å². The number of benzene rings is 2. The molecule has 0 spiro atoms. The van der Waals surface area contributed by atoms with Gasteiger partial charge < -0.3 is 18.6 Å². The Hall–Kier alpha value is -3.41. The number of furan rings is 1. The predicted octanol–water partition coefficient (Wildman–Crippen LogP) is 4.93. The number of rotatable bonds is 5. The lowest BCUT2D eigenvalue weighted by molar-refractivity contribution is -0.0344. The van der Waals surface area contributed by atoms with Gasteiger partial charge in [-0.1, -0.05) is 12.1 Å². The standard InChI is InChI=1S/C23H22N2O4/c1-3-27-20-7-4-6-17-19-14-18(15-9-11-16(26-2)12-10-15)24-25(19)23(29-22(17)20)21-8-5-13-28-21/h4-13,19,23H,3,14H2,1-2H3/t19-,23+/m1/s1. The van der Waals surface area contributed by atoms with Crippen LogP contribution in [0.15, 0.2) is 70.4 Å². The lowest BCUT2D eigenvalue weighted by Gasteiger charge is -2.37. The number of para-hydroxylation sites is 1. The van der Waals surface area contributed by atoms with E-state index in [2.05, 4.69) is 6.07 Å². The van der Waals surface area contributed by atoms with E-state index in [0.717, 1.165) is 40.5 Å². The Morgan fingerprint density at radius 1 is 1.10 bits per heavy atom. The van der Waals surface area contributed by atoms with Crippen LogP contribution in [-0.4, -0.2) is 24.4 Å². The van der Waals surface area contributed by atoms with Crippen molar-refractivity contribution in [2.24, 2.45) is 5.10 Å². The second-order valence-electron chi connectivity index (χ2n) is 6.97. The van der Waals surface area contributed by atoms with Crippen LogP contribution in [0.2, 0.25) is 0 Å². The van der Waals surface area contributed by atoms with E-state index in [-0.39, 0.29) is 6.04 Å². The fourth-order valence-corrected chi connectivity index (χ4v) is 3.93. The first-order valence-electron chi connectivity index (χ1n) is 9.74. The molecule has 0 fully saturated rings. The second-order valence-corrected chi connectivity index (χ2v) is 6.97. The molecule has 0 radical (unpaired) electrons. The molecular weight excluding hydrogens is 368 g/mol. The summed E-state index contributed by atoms with van der Waals surface area (Å²) < 4.78 is 23.2. The fourth-order valence-electron chi connectivity index (χ4n) is 3.93. The van der Waals surface area contributed by atoms with Crippen LogP contribution >= 0.6 is 0 Å². The highest BCUT2D eigenvalue weighted by Gasteiger charge is 2.43. The minimum Gasteiger partial charge on any atom is -0.497 e. The minimum atomic E-state index is -0.445. The van der Waals surface area contributed by atoms with Gasteiger partial charge in [0, 0.05) is 12.0 Å². The molecule has 0 aliphatic carbocycles. The number of methoxy groups -OCH3 is 1. The first-order chi connectivity index (χ1) is 14.3. The SMILES string of the molecule is CCOc1cccc2c1O[C@@H](c1ccco1)N1N=C(c3ccc(OC)cc3)C[C@H]21. The van der Waals surface area contributed by atoms with Crippen LogP contribution < -0.4 is 14.2 Å². The normalized spacial score (nSPS) is 19.8. The van der Waals surface area contributed by atoms with E-state index in [1.807, 2.05) is 60.5 Å². The molecule has 3 aromatic rings. The van der Waals surface area contributed by atoms with Gasteiger partial charge in [0.05, 0.1) is 31.7 Å². The van der Waals surface area contributed by atoms with E-state index in [0.29, 0.717) is 12.4 Å². The van der Waals surface area contributed by atoms with Crippen molar-refractivity contribution in [3.63, 3.8) is 0 Å². The number of hydrogen-bond acceptors (Lipinski definition) is 6. The quantitative estimate of drug-likeness (QED) is 0.618. The Bertz CT molecular complexity index is 1030. The topological polar surface area (TPSA) is 56.4 Å². The molecule has 1 aromatic heterocycles. The molecule has 5 rings (SSSR count). The monoisotopic (exact) mass is 390 g/mol. The average molecular weight is 390 g/mol. The smallest absolute Gasteiger partial charge is 0.246 e. The van der Waals surface area contributed by atoms with Crippen LogP contribution in [-0.2, 0) is 0 Å². The van der Waals surface area contributed by atoms with Crippen LogP contribution in [0.25, 0.3) is 0 Å². The van der Waals surface area contributed by atoms with Gasteiger partial charge >= 0.3 is 0 Å². The summed E-state index contributed by atoms with van der Waals surface area (Å²) in [5, 5.41) is 6.93. The third-order valence-corrected chi connectivity index (χ3v) is 5.29. The zero-order valence-electron chi connectivity index (χ0n) is 16.4. The summed E-state index contributed by atoms with van der Waals surface area (Å²) in [7, 11) is 1.67. The maximum Gasteiger partial charge on any atom is 0.246 e. The largest absolute Gasteiger partial charge is 0.497 e. The molecule has 148 valence electrons. The lowest BCUT2D eigenvalue weighted by atomic mass is 9.96. The molecule has 6 heteroatoms. The van der Waals surface area contributed by atoms with Gasteiger partial charge in [0.1, 0.15) is 5.75 Å². The molecule has 0 amide bonds. The van der Waals surface area contributed by atoms with E-state index in [1.165, 1.54) is 0 Å². The van der Waals surface area contributed by atoms with Crippen molar-refractivity contribution in [1.29, 1.82) is 0 Å². The summed E-state index contributed by atoms with van der Waals surface area (Å²) in [6.45, 7) is 2.55. The van der Waals surface area contributed by atoms with E-state index < -0.39 is 6.23 Å². The van der Waals surface area contributed by atoms with Crippen LogP contribution in [0.4, 0.5) is 0 Å². The van der Waals surface area contributed by atoms with Gasteiger partial charge in [0.15, 0.2) is 17.3 Å². The molecule has 0 N–H and O–H groups in total. The molecule has 29 heavy (non-hydrogen) atoms. The number of hydrogen-bond donors (Lipinski definition) is 0. The van der Waals surface area contributed by atoms with Crippen molar-refractivity contribution in [2.75, 3.05) is 13.7 Å². The zero-order chi connectivity index (χ0) is 19.8.